The molecule has 1 aromatic heterocycles. The molecule has 0 aliphatic carbocycles. The second-order valence-electron chi connectivity index (χ2n) is 3.61. The van der Waals surface area contributed by atoms with E-state index in [1.165, 1.54) is 5.56 Å². The van der Waals surface area contributed by atoms with Gasteiger partial charge in [0.05, 0.1) is 5.71 Å². The van der Waals surface area contributed by atoms with Crippen molar-refractivity contribution >= 4 is 21.6 Å². The Morgan fingerprint density at radius 1 is 1.06 bits per heavy atom. The largest absolute Gasteiger partial charge is 0.300 e. The lowest BCUT2D eigenvalue weighted by atomic mass is 10.0. The second kappa shape index (κ2) is 4.58. The highest BCUT2D eigenvalue weighted by molar-refractivity contribution is 9.10. The summed E-state index contributed by atoms with van der Waals surface area (Å²) in [5.74, 6) is 0. The van der Waals surface area contributed by atoms with Crippen LogP contribution in [0.25, 0.3) is 0 Å². The van der Waals surface area contributed by atoms with Crippen LogP contribution < -0.4 is 0 Å². The molecule has 1 N–H and O–H groups in total. The number of hydrogen-bond donors (Lipinski definition) is 1. The Morgan fingerprint density at radius 3 is 2.25 bits per heavy atom. The van der Waals surface area contributed by atoms with Crippen molar-refractivity contribution < 1.29 is 0 Å². The number of nitrogens with zero attached hydrogens (tertiary/aromatic N) is 1. The zero-order chi connectivity index (χ0) is 11.5. The molecule has 0 radical (unpaired) electrons. The normalized spacial score (nSPS) is 10.1. The first-order chi connectivity index (χ1) is 7.66. The molecule has 0 aliphatic heterocycles. The molecule has 2 nitrogen and oxygen atoms in total. The van der Waals surface area contributed by atoms with Crippen molar-refractivity contribution in [3.8, 4) is 0 Å². The van der Waals surface area contributed by atoms with Crippen LogP contribution in [-0.2, 0) is 0 Å². The molecular weight excluding hydrogens is 264 g/mol. The van der Waals surface area contributed by atoms with Crippen molar-refractivity contribution in [2.75, 3.05) is 0 Å². The number of rotatable bonds is 2. The molecule has 1 aromatic carbocycles. The summed E-state index contributed by atoms with van der Waals surface area (Å²) in [4.78, 5) is 4.12. The van der Waals surface area contributed by atoms with Crippen LogP contribution in [0.3, 0.4) is 0 Å². The first kappa shape index (κ1) is 11.0. The van der Waals surface area contributed by atoms with E-state index in [2.05, 4.69) is 20.9 Å². The molecule has 0 saturated heterocycles. The van der Waals surface area contributed by atoms with Crippen molar-refractivity contribution in [3.05, 3.63) is 63.9 Å². The fourth-order valence-corrected chi connectivity index (χ4v) is 1.65. The third-order valence-corrected chi connectivity index (χ3v) is 2.83. The topological polar surface area (TPSA) is 36.7 Å². The summed E-state index contributed by atoms with van der Waals surface area (Å²) in [7, 11) is 0. The fourth-order valence-electron chi connectivity index (χ4n) is 1.41. The Labute approximate surface area is 103 Å². The highest BCUT2D eigenvalue weighted by atomic mass is 79.9. The molecule has 0 spiro atoms. The van der Waals surface area contributed by atoms with E-state index in [-0.39, 0.29) is 0 Å². The number of halogens is 1. The molecular formula is C13H11BrN2. The fraction of sp³-hybridized carbons (Fsp3) is 0.0769. The molecule has 3 heteroatoms. The minimum atomic E-state index is 0.500. The number of nitrogens with one attached hydrogen (secondary N) is 1. The molecule has 80 valence electrons. The molecule has 0 aliphatic rings. The van der Waals surface area contributed by atoms with Crippen LogP contribution in [0, 0.1) is 12.3 Å². The Kier molecular flexibility index (Phi) is 3.15. The van der Waals surface area contributed by atoms with Gasteiger partial charge >= 0.3 is 0 Å². The summed E-state index contributed by atoms with van der Waals surface area (Å²) < 4.78 is 0.785. The van der Waals surface area contributed by atoms with Crippen molar-refractivity contribution in [1.29, 1.82) is 5.41 Å². The molecule has 0 unspecified atom stereocenters. The van der Waals surface area contributed by atoms with Gasteiger partial charge in [-0.05, 0) is 35.0 Å². The van der Waals surface area contributed by atoms with Crippen LogP contribution in [0.1, 0.15) is 16.7 Å². The van der Waals surface area contributed by atoms with E-state index in [1.807, 2.05) is 43.3 Å². The maximum absolute atomic E-state index is 8.06. The van der Waals surface area contributed by atoms with Gasteiger partial charge in [-0.2, -0.15) is 0 Å². The molecule has 1 heterocycles. The van der Waals surface area contributed by atoms with E-state index in [9.17, 15) is 0 Å². The Bertz CT molecular complexity index is 453. The first-order valence-electron chi connectivity index (χ1n) is 4.94. The van der Waals surface area contributed by atoms with Gasteiger partial charge in [-0.25, -0.2) is 4.98 Å². The lowest BCUT2D eigenvalue weighted by molar-refractivity contribution is 1.26. The lowest BCUT2D eigenvalue weighted by Crippen LogP contribution is -2.01. The molecule has 0 bridgehead atoms. The standard InChI is InChI=1S/C13H11BrN2/c1-9-2-4-10(5-3-9)13(15)11-6-7-12(14)16-8-11/h2-8,15H,1H3. The zero-order valence-electron chi connectivity index (χ0n) is 8.87. The van der Waals surface area contributed by atoms with Crippen LogP contribution in [0.4, 0.5) is 0 Å². The van der Waals surface area contributed by atoms with E-state index < -0.39 is 0 Å². The first-order valence-corrected chi connectivity index (χ1v) is 5.73. The molecule has 2 aromatic rings. The van der Waals surface area contributed by atoms with Gasteiger partial charge in [-0.15, -0.1) is 0 Å². The van der Waals surface area contributed by atoms with E-state index in [0.29, 0.717) is 5.71 Å². The summed E-state index contributed by atoms with van der Waals surface area (Å²) in [6, 6.07) is 11.7. The number of aromatic nitrogens is 1. The number of benzene rings is 1. The summed E-state index contributed by atoms with van der Waals surface area (Å²) in [6.45, 7) is 2.04. The molecule has 0 saturated carbocycles. The minimum absolute atomic E-state index is 0.500. The van der Waals surface area contributed by atoms with Gasteiger partial charge in [-0.1, -0.05) is 29.8 Å². The van der Waals surface area contributed by atoms with Gasteiger partial charge in [0, 0.05) is 17.3 Å². The molecule has 0 amide bonds. The van der Waals surface area contributed by atoms with Gasteiger partial charge < -0.3 is 0 Å². The average Bonchev–Trinajstić information content (AvgIpc) is 2.30. The summed E-state index contributed by atoms with van der Waals surface area (Å²) in [5, 5.41) is 8.06. The summed E-state index contributed by atoms with van der Waals surface area (Å²) in [5.41, 5.74) is 3.44. The Hall–Kier alpha value is -1.48. The van der Waals surface area contributed by atoms with Crippen LogP contribution in [0.5, 0.6) is 0 Å². The third kappa shape index (κ3) is 2.36. The smallest absolute Gasteiger partial charge is 0.106 e. The number of hydrogen-bond acceptors (Lipinski definition) is 2. The van der Waals surface area contributed by atoms with Crippen molar-refractivity contribution in [2.45, 2.75) is 6.92 Å². The van der Waals surface area contributed by atoms with E-state index in [0.717, 1.165) is 15.7 Å². The molecule has 0 atom stereocenters. The number of pyridine rings is 1. The van der Waals surface area contributed by atoms with Gasteiger partial charge in [-0.3, -0.25) is 5.41 Å². The van der Waals surface area contributed by atoms with E-state index in [1.54, 1.807) is 6.20 Å². The predicted molar refractivity (Wildman–Crippen MR) is 69.0 cm³/mol. The second-order valence-corrected chi connectivity index (χ2v) is 4.42. The zero-order valence-corrected chi connectivity index (χ0v) is 10.5. The highest BCUT2D eigenvalue weighted by Gasteiger charge is 2.04. The SMILES string of the molecule is Cc1ccc(C(=N)c2ccc(Br)nc2)cc1. The maximum atomic E-state index is 8.06. The molecule has 2 rings (SSSR count). The number of aryl methyl sites for hydroxylation is 1. The summed E-state index contributed by atoms with van der Waals surface area (Å²) >= 11 is 3.28. The van der Waals surface area contributed by atoms with Gasteiger partial charge in [0.25, 0.3) is 0 Å². The van der Waals surface area contributed by atoms with Crippen molar-refractivity contribution in [1.82, 2.24) is 4.98 Å². The Morgan fingerprint density at radius 2 is 1.69 bits per heavy atom. The molecule has 16 heavy (non-hydrogen) atoms. The van der Waals surface area contributed by atoms with Crippen LogP contribution in [0.15, 0.2) is 47.2 Å². The van der Waals surface area contributed by atoms with E-state index >= 15 is 0 Å². The van der Waals surface area contributed by atoms with Gasteiger partial charge in [0.15, 0.2) is 0 Å². The van der Waals surface area contributed by atoms with Crippen LogP contribution in [-0.4, -0.2) is 10.7 Å². The minimum Gasteiger partial charge on any atom is -0.300 e. The van der Waals surface area contributed by atoms with Crippen LogP contribution in [0.2, 0.25) is 0 Å². The van der Waals surface area contributed by atoms with Crippen molar-refractivity contribution in [3.63, 3.8) is 0 Å². The Balaban J connectivity index is 2.32. The maximum Gasteiger partial charge on any atom is 0.106 e. The van der Waals surface area contributed by atoms with Crippen molar-refractivity contribution in [2.24, 2.45) is 0 Å². The highest BCUT2D eigenvalue weighted by Crippen LogP contribution is 2.12. The van der Waals surface area contributed by atoms with Gasteiger partial charge in [0.2, 0.25) is 0 Å². The summed E-state index contributed by atoms with van der Waals surface area (Å²) in [6.07, 6.45) is 1.70. The average molecular weight is 275 g/mol. The quantitative estimate of drug-likeness (QED) is 0.660. The molecule has 0 fully saturated rings. The lowest BCUT2D eigenvalue weighted by Gasteiger charge is -2.04. The van der Waals surface area contributed by atoms with Gasteiger partial charge in [0.1, 0.15) is 4.60 Å². The van der Waals surface area contributed by atoms with Crippen LogP contribution >= 0.6 is 15.9 Å². The van der Waals surface area contributed by atoms with E-state index in [4.69, 9.17) is 5.41 Å². The third-order valence-electron chi connectivity index (χ3n) is 2.36. The monoisotopic (exact) mass is 274 g/mol. The predicted octanol–water partition coefficient (Wildman–Crippen LogP) is 3.57.